The minimum Gasteiger partial charge on any atom is -0.390 e. The maximum atomic E-state index is 9.24. The number of aromatic nitrogens is 3. The van der Waals surface area contributed by atoms with Gasteiger partial charge in [-0.25, -0.2) is 4.68 Å². The van der Waals surface area contributed by atoms with E-state index < -0.39 is 0 Å². The van der Waals surface area contributed by atoms with Crippen LogP contribution in [0.1, 0.15) is 63.9 Å². The zero-order valence-corrected chi connectivity index (χ0v) is 10.1. The van der Waals surface area contributed by atoms with Gasteiger partial charge in [-0.15, -0.1) is 5.10 Å². The van der Waals surface area contributed by atoms with Gasteiger partial charge in [0.05, 0.1) is 12.3 Å². The Morgan fingerprint density at radius 2 is 1.87 bits per heavy atom. The van der Waals surface area contributed by atoms with Crippen LogP contribution in [0.15, 0.2) is 0 Å². The smallest absolute Gasteiger partial charge is 0.112 e. The molecule has 86 valence electrons. The van der Waals surface area contributed by atoms with Crippen LogP contribution in [0.2, 0.25) is 0 Å². The normalized spacial score (nSPS) is 11.7. The molecule has 0 saturated carbocycles. The number of aliphatic hydroxyl groups excluding tert-OH is 1. The van der Waals surface area contributed by atoms with Crippen molar-refractivity contribution in [2.24, 2.45) is 0 Å². The van der Waals surface area contributed by atoms with E-state index in [0.717, 1.165) is 24.2 Å². The van der Waals surface area contributed by atoms with E-state index in [1.807, 2.05) is 4.68 Å². The van der Waals surface area contributed by atoms with Crippen LogP contribution < -0.4 is 0 Å². The molecule has 0 aliphatic heterocycles. The molecule has 0 atom stereocenters. The standard InChI is InChI=1S/C11H21N3O/c1-5-9(6-2)11-10(7-15)12-13-14(11)8(3)4/h8-9,15H,5-7H2,1-4H3. The highest BCUT2D eigenvalue weighted by Gasteiger charge is 2.20. The van der Waals surface area contributed by atoms with E-state index >= 15 is 0 Å². The summed E-state index contributed by atoms with van der Waals surface area (Å²) in [7, 11) is 0. The van der Waals surface area contributed by atoms with Gasteiger partial charge in [-0.1, -0.05) is 19.1 Å². The molecule has 0 spiro atoms. The molecular formula is C11H21N3O. The monoisotopic (exact) mass is 211 g/mol. The molecule has 0 aliphatic carbocycles. The van der Waals surface area contributed by atoms with E-state index in [0.29, 0.717) is 12.0 Å². The van der Waals surface area contributed by atoms with E-state index in [9.17, 15) is 5.11 Å². The molecule has 15 heavy (non-hydrogen) atoms. The van der Waals surface area contributed by atoms with Crippen LogP contribution in [0.25, 0.3) is 0 Å². The molecular weight excluding hydrogens is 190 g/mol. The molecule has 0 unspecified atom stereocenters. The summed E-state index contributed by atoms with van der Waals surface area (Å²) in [6, 6.07) is 0.299. The highest BCUT2D eigenvalue weighted by molar-refractivity contribution is 5.15. The summed E-state index contributed by atoms with van der Waals surface area (Å²) in [6.07, 6.45) is 2.12. The van der Waals surface area contributed by atoms with Crippen LogP contribution in [0.5, 0.6) is 0 Å². The van der Waals surface area contributed by atoms with Gasteiger partial charge in [-0.05, 0) is 26.7 Å². The van der Waals surface area contributed by atoms with Gasteiger partial charge in [-0.3, -0.25) is 0 Å². The molecule has 4 nitrogen and oxygen atoms in total. The van der Waals surface area contributed by atoms with Crippen molar-refractivity contribution in [3.05, 3.63) is 11.4 Å². The first-order valence-electron chi connectivity index (χ1n) is 5.70. The fourth-order valence-corrected chi connectivity index (χ4v) is 1.93. The summed E-state index contributed by atoms with van der Waals surface area (Å²) < 4.78 is 1.93. The fourth-order valence-electron chi connectivity index (χ4n) is 1.93. The first kappa shape index (κ1) is 12.2. The molecule has 0 amide bonds. The highest BCUT2D eigenvalue weighted by Crippen LogP contribution is 2.27. The summed E-state index contributed by atoms with van der Waals surface area (Å²) in [6.45, 7) is 8.47. The van der Waals surface area contributed by atoms with Crippen LogP contribution in [0.3, 0.4) is 0 Å². The Morgan fingerprint density at radius 3 is 2.27 bits per heavy atom. The Balaban J connectivity index is 3.14. The molecule has 0 aromatic carbocycles. The summed E-state index contributed by atoms with van der Waals surface area (Å²) >= 11 is 0. The van der Waals surface area contributed by atoms with Crippen molar-refractivity contribution >= 4 is 0 Å². The number of hydrogen-bond donors (Lipinski definition) is 1. The summed E-state index contributed by atoms with van der Waals surface area (Å²) in [5.41, 5.74) is 1.84. The second-order valence-electron chi connectivity index (χ2n) is 4.13. The zero-order valence-electron chi connectivity index (χ0n) is 10.1. The predicted octanol–water partition coefficient (Wildman–Crippen LogP) is 2.25. The minimum absolute atomic E-state index is 0.0153. The summed E-state index contributed by atoms with van der Waals surface area (Å²) in [4.78, 5) is 0. The average molecular weight is 211 g/mol. The third-order valence-electron chi connectivity index (χ3n) is 2.82. The maximum Gasteiger partial charge on any atom is 0.112 e. The van der Waals surface area contributed by atoms with Crippen molar-refractivity contribution in [1.29, 1.82) is 0 Å². The molecule has 0 aliphatic rings. The molecule has 4 heteroatoms. The van der Waals surface area contributed by atoms with E-state index in [4.69, 9.17) is 0 Å². The SMILES string of the molecule is CCC(CC)c1c(CO)nnn1C(C)C. The topological polar surface area (TPSA) is 50.9 Å². The van der Waals surface area contributed by atoms with Gasteiger partial charge in [0.2, 0.25) is 0 Å². The van der Waals surface area contributed by atoms with Gasteiger partial charge in [0.25, 0.3) is 0 Å². The molecule has 0 radical (unpaired) electrons. The molecule has 0 fully saturated rings. The van der Waals surface area contributed by atoms with Crippen LogP contribution in [-0.4, -0.2) is 20.1 Å². The van der Waals surface area contributed by atoms with Gasteiger partial charge in [0, 0.05) is 12.0 Å². The Kier molecular flexibility index (Phi) is 4.27. The number of aliphatic hydroxyl groups is 1. The molecule has 1 rings (SSSR count). The van der Waals surface area contributed by atoms with Crippen molar-refractivity contribution in [3.63, 3.8) is 0 Å². The second kappa shape index (κ2) is 5.26. The number of rotatable bonds is 5. The lowest BCUT2D eigenvalue weighted by molar-refractivity contribution is 0.274. The lowest BCUT2D eigenvalue weighted by Crippen LogP contribution is -2.12. The molecule has 1 N–H and O–H groups in total. The van der Waals surface area contributed by atoms with Gasteiger partial charge in [0.1, 0.15) is 5.69 Å². The third kappa shape index (κ3) is 2.37. The van der Waals surface area contributed by atoms with Gasteiger partial charge >= 0.3 is 0 Å². The predicted molar refractivity (Wildman–Crippen MR) is 59.7 cm³/mol. The van der Waals surface area contributed by atoms with Crippen molar-refractivity contribution in [2.45, 2.75) is 59.1 Å². The van der Waals surface area contributed by atoms with Gasteiger partial charge in [-0.2, -0.15) is 0 Å². The van der Waals surface area contributed by atoms with Crippen LogP contribution in [0, 0.1) is 0 Å². The number of nitrogens with zero attached hydrogens (tertiary/aromatic N) is 3. The van der Waals surface area contributed by atoms with Crippen molar-refractivity contribution in [1.82, 2.24) is 15.0 Å². The van der Waals surface area contributed by atoms with Crippen molar-refractivity contribution in [2.75, 3.05) is 0 Å². The Labute approximate surface area is 91.3 Å². The van der Waals surface area contributed by atoms with Crippen LogP contribution in [-0.2, 0) is 6.61 Å². The second-order valence-corrected chi connectivity index (χ2v) is 4.13. The molecule has 1 heterocycles. The molecule has 0 saturated heterocycles. The highest BCUT2D eigenvalue weighted by atomic mass is 16.3. The van der Waals surface area contributed by atoms with Crippen molar-refractivity contribution in [3.8, 4) is 0 Å². The molecule has 1 aromatic heterocycles. The largest absolute Gasteiger partial charge is 0.390 e. The average Bonchev–Trinajstić information content (AvgIpc) is 2.64. The first-order chi connectivity index (χ1) is 7.15. The van der Waals surface area contributed by atoms with E-state index in [1.54, 1.807) is 0 Å². The minimum atomic E-state index is -0.0153. The Bertz CT molecular complexity index is 303. The quantitative estimate of drug-likeness (QED) is 0.812. The lowest BCUT2D eigenvalue weighted by Gasteiger charge is -2.17. The summed E-state index contributed by atoms with van der Waals surface area (Å²) in [5.74, 6) is 0.449. The number of hydrogen-bond acceptors (Lipinski definition) is 3. The molecule has 0 bridgehead atoms. The van der Waals surface area contributed by atoms with Gasteiger partial charge in [0.15, 0.2) is 0 Å². The first-order valence-corrected chi connectivity index (χ1v) is 5.70. The Morgan fingerprint density at radius 1 is 1.27 bits per heavy atom. The summed E-state index contributed by atoms with van der Waals surface area (Å²) in [5, 5.41) is 17.4. The lowest BCUT2D eigenvalue weighted by atomic mass is 9.97. The Hall–Kier alpha value is -0.900. The van der Waals surface area contributed by atoms with E-state index in [-0.39, 0.29) is 6.61 Å². The maximum absolute atomic E-state index is 9.24. The van der Waals surface area contributed by atoms with Crippen LogP contribution in [0.4, 0.5) is 0 Å². The zero-order chi connectivity index (χ0) is 11.4. The third-order valence-corrected chi connectivity index (χ3v) is 2.82. The van der Waals surface area contributed by atoms with Crippen molar-refractivity contribution < 1.29 is 5.11 Å². The molecule has 1 aromatic rings. The van der Waals surface area contributed by atoms with E-state index in [1.165, 1.54) is 0 Å². The van der Waals surface area contributed by atoms with Gasteiger partial charge < -0.3 is 5.11 Å². The van der Waals surface area contributed by atoms with Crippen LogP contribution >= 0.6 is 0 Å². The van der Waals surface area contributed by atoms with E-state index in [2.05, 4.69) is 38.0 Å². The fraction of sp³-hybridized carbons (Fsp3) is 0.818.